The van der Waals surface area contributed by atoms with Gasteiger partial charge in [-0.15, -0.1) is 0 Å². The molecule has 3 rings (SSSR count). The molecule has 0 bridgehead atoms. The van der Waals surface area contributed by atoms with Crippen molar-refractivity contribution in [1.82, 2.24) is 9.21 Å². The Balaban J connectivity index is 1.62. The minimum Gasteiger partial charge on any atom is -0.460 e. The molecule has 23 heavy (non-hydrogen) atoms. The zero-order valence-electron chi connectivity index (χ0n) is 13.7. The molecule has 1 saturated heterocycles. The highest BCUT2D eigenvalue weighted by Gasteiger charge is 2.24. The number of para-hydroxylation sites is 1. The number of sulfonamides is 1. The second-order valence-electron chi connectivity index (χ2n) is 6.54. The van der Waals surface area contributed by atoms with Crippen molar-refractivity contribution in [2.75, 3.05) is 32.9 Å². The average molecular weight is 336 g/mol. The summed E-state index contributed by atoms with van der Waals surface area (Å²) in [4.78, 5) is 2.36. The molecule has 2 heterocycles. The van der Waals surface area contributed by atoms with Gasteiger partial charge in [-0.2, -0.15) is 0 Å². The third-order valence-electron chi connectivity index (χ3n) is 4.54. The summed E-state index contributed by atoms with van der Waals surface area (Å²) in [5.41, 5.74) is 0.924. The van der Waals surface area contributed by atoms with E-state index in [1.807, 2.05) is 18.2 Å². The van der Waals surface area contributed by atoms with Crippen LogP contribution in [0.1, 0.15) is 18.6 Å². The van der Waals surface area contributed by atoms with Gasteiger partial charge < -0.3 is 4.42 Å². The largest absolute Gasteiger partial charge is 0.460 e. The van der Waals surface area contributed by atoms with Crippen LogP contribution in [0.5, 0.6) is 0 Å². The summed E-state index contributed by atoms with van der Waals surface area (Å²) in [5, 5.41) is 1.13. The molecule has 1 fully saturated rings. The Morgan fingerprint density at radius 3 is 2.87 bits per heavy atom. The smallest absolute Gasteiger partial charge is 0.210 e. The van der Waals surface area contributed by atoms with Crippen LogP contribution in [-0.2, 0) is 16.6 Å². The van der Waals surface area contributed by atoms with Crippen LogP contribution in [0.3, 0.4) is 0 Å². The summed E-state index contributed by atoms with van der Waals surface area (Å²) in [7, 11) is -1.44. The van der Waals surface area contributed by atoms with Crippen molar-refractivity contribution in [3.05, 3.63) is 36.1 Å². The second-order valence-corrected chi connectivity index (χ2v) is 8.63. The lowest BCUT2D eigenvalue weighted by Gasteiger charge is -2.33. The van der Waals surface area contributed by atoms with Crippen LogP contribution in [0.25, 0.3) is 11.0 Å². The minimum atomic E-state index is -3.10. The van der Waals surface area contributed by atoms with Crippen molar-refractivity contribution in [3.8, 4) is 0 Å². The Morgan fingerprint density at radius 1 is 1.35 bits per heavy atom. The van der Waals surface area contributed by atoms with Gasteiger partial charge in [0.25, 0.3) is 0 Å². The van der Waals surface area contributed by atoms with Crippen LogP contribution in [0.2, 0.25) is 0 Å². The summed E-state index contributed by atoms with van der Waals surface area (Å²) in [6, 6.07) is 10.1. The van der Waals surface area contributed by atoms with Crippen molar-refractivity contribution in [3.63, 3.8) is 0 Å². The first-order valence-corrected chi connectivity index (χ1v) is 9.88. The summed E-state index contributed by atoms with van der Waals surface area (Å²) >= 11 is 0. The van der Waals surface area contributed by atoms with Crippen molar-refractivity contribution < 1.29 is 12.8 Å². The molecule has 0 radical (unpaired) electrons. The summed E-state index contributed by atoms with van der Waals surface area (Å²) in [6.07, 6.45) is 3.45. The molecule has 0 spiro atoms. The maximum Gasteiger partial charge on any atom is 0.210 e. The predicted octanol–water partition coefficient (Wildman–Crippen LogP) is 2.54. The van der Waals surface area contributed by atoms with Crippen LogP contribution in [0.4, 0.5) is 0 Å². The number of benzene rings is 1. The normalized spacial score (nSPS) is 20.4. The van der Waals surface area contributed by atoms with E-state index in [0.717, 1.165) is 49.2 Å². The topological polar surface area (TPSA) is 53.8 Å². The standard InChI is InChI=1S/C17H24N2O3S/c1-18(23(2,20)21)11-14-6-5-9-19(12-14)13-16-10-15-7-3-4-8-17(15)22-16/h3-4,7-8,10,14H,5-6,9,11-13H2,1-2H3. The lowest BCUT2D eigenvalue weighted by Crippen LogP contribution is -2.40. The van der Waals surface area contributed by atoms with Gasteiger partial charge in [-0.05, 0) is 37.4 Å². The predicted molar refractivity (Wildman–Crippen MR) is 91.7 cm³/mol. The van der Waals surface area contributed by atoms with Gasteiger partial charge in [0.15, 0.2) is 0 Å². The fourth-order valence-corrected chi connectivity index (χ4v) is 3.76. The fourth-order valence-electron chi connectivity index (χ4n) is 3.28. The minimum absolute atomic E-state index is 0.382. The molecule has 126 valence electrons. The molecule has 2 aromatic rings. The maximum absolute atomic E-state index is 11.6. The van der Waals surface area contributed by atoms with E-state index in [1.54, 1.807) is 7.05 Å². The van der Waals surface area contributed by atoms with Crippen LogP contribution in [0.15, 0.2) is 34.7 Å². The molecule has 1 aromatic heterocycles. The molecule has 0 saturated carbocycles. The molecule has 1 atom stereocenters. The zero-order valence-corrected chi connectivity index (χ0v) is 14.6. The third kappa shape index (κ3) is 4.13. The summed E-state index contributed by atoms with van der Waals surface area (Å²) in [5.74, 6) is 1.36. The van der Waals surface area contributed by atoms with Gasteiger partial charge in [0, 0.05) is 25.5 Å². The Kier molecular flexibility index (Phi) is 4.75. The average Bonchev–Trinajstić information content (AvgIpc) is 2.88. The molecule has 1 aliphatic rings. The van der Waals surface area contributed by atoms with Gasteiger partial charge >= 0.3 is 0 Å². The number of rotatable bonds is 5. The third-order valence-corrected chi connectivity index (χ3v) is 5.82. The highest BCUT2D eigenvalue weighted by molar-refractivity contribution is 7.88. The Morgan fingerprint density at radius 2 is 2.13 bits per heavy atom. The van der Waals surface area contributed by atoms with Gasteiger partial charge in [-0.1, -0.05) is 18.2 Å². The van der Waals surface area contributed by atoms with E-state index in [1.165, 1.54) is 10.6 Å². The molecule has 5 nitrogen and oxygen atoms in total. The maximum atomic E-state index is 11.6. The summed E-state index contributed by atoms with van der Waals surface area (Å²) < 4.78 is 30.5. The van der Waals surface area contributed by atoms with E-state index in [4.69, 9.17) is 4.42 Å². The van der Waals surface area contributed by atoms with E-state index in [-0.39, 0.29) is 0 Å². The Labute approximate surface area is 137 Å². The van der Waals surface area contributed by atoms with E-state index >= 15 is 0 Å². The highest BCUT2D eigenvalue weighted by Crippen LogP contribution is 2.23. The zero-order chi connectivity index (χ0) is 16.4. The second kappa shape index (κ2) is 6.63. The number of nitrogens with zero attached hydrogens (tertiary/aromatic N) is 2. The molecular weight excluding hydrogens is 312 g/mol. The van der Waals surface area contributed by atoms with E-state index in [2.05, 4.69) is 17.0 Å². The van der Waals surface area contributed by atoms with Gasteiger partial charge in [0.05, 0.1) is 12.8 Å². The first-order chi connectivity index (χ1) is 10.9. The van der Waals surface area contributed by atoms with Gasteiger partial charge in [0.2, 0.25) is 10.0 Å². The van der Waals surface area contributed by atoms with Crippen molar-refractivity contribution in [1.29, 1.82) is 0 Å². The van der Waals surface area contributed by atoms with E-state index in [0.29, 0.717) is 12.5 Å². The van der Waals surface area contributed by atoms with Gasteiger partial charge in [-0.3, -0.25) is 4.90 Å². The number of hydrogen-bond donors (Lipinski definition) is 0. The van der Waals surface area contributed by atoms with Crippen LogP contribution in [-0.4, -0.2) is 50.6 Å². The molecular formula is C17H24N2O3S. The Bertz CT molecular complexity index is 736. The number of piperidine rings is 1. The summed E-state index contributed by atoms with van der Waals surface area (Å²) in [6.45, 7) is 3.33. The SMILES string of the molecule is CN(CC1CCCN(Cc2cc3ccccc3o2)C1)S(C)(=O)=O. The molecule has 1 aromatic carbocycles. The monoisotopic (exact) mass is 336 g/mol. The lowest BCUT2D eigenvalue weighted by atomic mass is 9.98. The quantitative estimate of drug-likeness (QED) is 0.842. The van der Waals surface area contributed by atoms with Gasteiger partial charge in [0.1, 0.15) is 11.3 Å². The van der Waals surface area contributed by atoms with Crippen molar-refractivity contribution >= 4 is 21.0 Å². The highest BCUT2D eigenvalue weighted by atomic mass is 32.2. The molecule has 1 unspecified atom stereocenters. The number of hydrogen-bond acceptors (Lipinski definition) is 4. The van der Waals surface area contributed by atoms with E-state index in [9.17, 15) is 8.42 Å². The van der Waals surface area contributed by atoms with Crippen LogP contribution < -0.4 is 0 Å². The number of fused-ring (bicyclic) bond motifs is 1. The number of furan rings is 1. The molecule has 6 heteroatoms. The first-order valence-electron chi connectivity index (χ1n) is 8.03. The van der Waals surface area contributed by atoms with Crippen molar-refractivity contribution in [2.24, 2.45) is 5.92 Å². The molecule has 0 amide bonds. The number of likely N-dealkylation sites (tertiary alicyclic amines) is 1. The Hall–Kier alpha value is -1.37. The fraction of sp³-hybridized carbons (Fsp3) is 0.529. The van der Waals surface area contributed by atoms with Crippen molar-refractivity contribution in [2.45, 2.75) is 19.4 Å². The van der Waals surface area contributed by atoms with Crippen LogP contribution in [0, 0.1) is 5.92 Å². The first kappa shape index (κ1) is 16.5. The molecule has 1 aliphatic heterocycles. The van der Waals surface area contributed by atoms with E-state index < -0.39 is 10.0 Å². The molecule has 0 aliphatic carbocycles. The molecule has 0 N–H and O–H groups in total. The van der Waals surface area contributed by atoms with Gasteiger partial charge in [-0.25, -0.2) is 12.7 Å². The van der Waals surface area contributed by atoms with Crippen LogP contribution >= 0.6 is 0 Å². The lowest BCUT2D eigenvalue weighted by molar-refractivity contribution is 0.147.